The third-order valence-electron chi connectivity index (χ3n) is 3.32. The Balaban J connectivity index is 2.04. The molecule has 4 N–H and O–H groups in total. The standard InChI is InChI=1S/C12H17N3O3/c1-7-3-4-9(18-7)8(2)14-11(16)12(5-6-12)10(13)15-17/h3-4,8,17H,5-6H2,1-2H3,(H2,13,15)(H,14,16). The van der Waals surface area contributed by atoms with Crippen LogP contribution in [0.1, 0.15) is 37.3 Å². The average Bonchev–Trinajstić information content (AvgIpc) is 3.05. The number of aryl methyl sites for hydroxylation is 1. The Kier molecular flexibility index (Phi) is 3.02. The van der Waals surface area contributed by atoms with E-state index in [-0.39, 0.29) is 17.8 Å². The summed E-state index contributed by atoms with van der Waals surface area (Å²) < 4.78 is 5.44. The van der Waals surface area contributed by atoms with Gasteiger partial charge in [0.25, 0.3) is 0 Å². The second-order valence-electron chi connectivity index (χ2n) is 4.71. The second-order valence-corrected chi connectivity index (χ2v) is 4.71. The van der Waals surface area contributed by atoms with Crippen molar-refractivity contribution in [1.29, 1.82) is 0 Å². The highest BCUT2D eigenvalue weighted by molar-refractivity contribution is 6.09. The summed E-state index contributed by atoms with van der Waals surface area (Å²) in [7, 11) is 0. The van der Waals surface area contributed by atoms with Crippen molar-refractivity contribution in [3.8, 4) is 0 Å². The number of furan rings is 1. The van der Waals surface area contributed by atoms with Gasteiger partial charge in [-0.25, -0.2) is 0 Å². The van der Waals surface area contributed by atoms with Crippen LogP contribution < -0.4 is 11.1 Å². The number of amides is 1. The predicted octanol–water partition coefficient (Wildman–Crippen LogP) is 1.29. The normalized spacial score (nSPS) is 19.3. The first-order valence-electron chi connectivity index (χ1n) is 5.85. The number of carbonyl (C=O) groups excluding carboxylic acids is 1. The van der Waals surface area contributed by atoms with E-state index in [0.29, 0.717) is 18.6 Å². The number of nitrogens with two attached hydrogens (primary N) is 1. The summed E-state index contributed by atoms with van der Waals surface area (Å²) in [5.41, 5.74) is 4.72. The number of rotatable bonds is 4. The van der Waals surface area contributed by atoms with E-state index >= 15 is 0 Å². The van der Waals surface area contributed by atoms with Gasteiger partial charge >= 0.3 is 0 Å². The Hall–Kier alpha value is -1.98. The molecule has 6 heteroatoms. The van der Waals surface area contributed by atoms with Crippen LogP contribution in [-0.2, 0) is 4.79 Å². The molecule has 98 valence electrons. The van der Waals surface area contributed by atoms with Crippen molar-refractivity contribution in [1.82, 2.24) is 5.32 Å². The number of carbonyl (C=O) groups is 1. The maximum absolute atomic E-state index is 12.1. The van der Waals surface area contributed by atoms with Crippen molar-refractivity contribution in [3.63, 3.8) is 0 Å². The number of hydrogen-bond acceptors (Lipinski definition) is 4. The van der Waals surface area contributed by atoms with Gasteiger partial charge in [0.2, 0.25) is 5.91 Å². The van der Waals surface area contributed by atoms with Crippen LogP contribution in [0.3, 0.4) is 0 Å². The van der Waals surface area contributed by atoms with Crippen molar-refractivity contribution in [2.24, 2.45) is 16.3 Å². The van der Waals surface area contributed by atoms with Gasteiger partial charge in [-0.05, 0) is 38.8 Å². The molecule has 0 bridgehead atoms. The fraction of sp³-hybridized carbons (Fsp3) is 0.500. The van der Waals surface area contributed by atoms with Crippen LogP contribution in [-0.4, -0.2) is 17.0 Å². The molecule has 6 nitrogen and oxygen atoms in total. The van der Waals surface area contributed by atoms with Gasteiger partial charge in [0.05, 0.1) is 6.04 Å². The highest BCUT2D eigenvalue weighted by atomic mass is 16.4. The highest BCUT2D eigenvalue weighted by Gasteiger charge is 2.54. The maximum atomic E-state index is 12.1. The van der Waals surface area contributed by atoms with Gasteiger partial charge < -0.3 is 20.7 Å². The minimum absolute atomic E-state index is 0.0252. The molecule has 0 spiro atoms. The molecule has 0 radical (unpaired) electrons. The van der Waals surface area contributed by atoms with Gasteiger partial charge in [0, 0.05) is 0 Å². The zero-order valence-electron chi connectivity index (χ0n) is 10.4. The van der Waals surface area contributed by atoms with E-state index in [1.54, 1.807) is 0 Å². The molecule has 18 heavy (non-hydrogen) atoms. The molecule has 1 aliphatic rings. The molecule has 0 aromatic carbocycles. The summed E-state index contributed by atoms with van der Waals surface area (Å²) >= 11 is 0. The van der Waals surface area contributed by atoms with Crippen LogP contribution >= 0.6 is 0 Å². The first kappa shape index (κ1) is 12.5. The Labute approximate surface area is 105 Å². The number of amidine groups is 1. The molecule has 1 saturated carbocycles. The van der Waals surface area contributed by atoms with Gasteiger partial charge in [-0.2, -0.15) is 0 Å². The van der Waals surface area contributed by atoms with Crippen LogP contribution in [0.5, 0.6) is 0 Å². The van der Waals surface area contributed by atoms with Gasteiger partial charge in [-0.1, -0.05) is 5.16 Å². The van der Waals surface area contributed by atoms with E-state index in [4.69, 9.17) is 15.4 Å². The fourth-order valence-corrected chi connectivity index (χ4v) is 1.91. The lowest BCUT2D eigenvalue weighted by Gasteiger charge is -2.17. The third kappa shape index (κ3) is 2.05. The van der Waals surface area contributed by atoms with Crippen LogP contribution in [0.2, 0.25) is 0 Å². The Bertz CT molecular complexity index is 489. The minimum atomic E-state index is -0.829. The number of nitrogens with one attached hydrogen (secondary N) is 1. The summed E-state index contributed by atoms with van der Waals surface area (Å²) in [6.07, 6.45) is 1.22. The zero-order chi connectivity index (χ0) is 13.3. The number of oxime groups is 1. The molecule has 1 heterocycles. The third-order valence-corrected chi connectivity index (χ3v) is 3.32. The summed E-state index contributed by atoms with van der Waals surface area (Å²) in [6, 6.07) is 3.42. The lowest BCUT2D eigenvalue weighted by molar-refractivity contribution is -0.124. The summed E-state index contributed by atoms with van der Waals surface area (Å²) in [4.78, 5) is 12.1. The topological polar surface area (TPSA) is 101 Å². The average molecular weight is 251 g/mol. The molecular weight excluding hydrogens is 234 g/mol. The van der Waals surface area contributed by atoms with Crippen LogP contribution in [0.25, 0.3) is 0 Å². The van der Waals surface area contributed by atoms with Crippen molar-refractivity contribution in [3.05, 3.63) is 23.7 Å². The monoisotopic (exact) mass is 251 g/mol. The molecule has 0 aliphatic heterocycles. The quantitative estimate of drug-likeness (QED) is 0.325. The van der Waals surface area contributed by atoms with Gasteiger partial charge in [0.15, 0.2) is 5.84 Å². The van der Waals surface area contributed by atoms with Gasteiger partial charge in [-0.3, -0.25) is 4.79 Å². The van der Waals surface area contributed by atoms with Crippen molar-refractivity contribution in [2.75, 3.05) is 0 Å². The first-order valence-corrected chi connectivity index (χ1v) is 5.85. The van der Waals surface area contributed by atoms with Gasteiger partial charge in [0.1, 0.15) is 16.9 Å². The number of hydrogen-bond donors (Lipinski definition) is 3. The molecular formula is C12H17N3O3. The van der Waals surface area contributed by atoms with E-state index in [9.17, 15) is 4.79 Å². The Morgan fingerprint density at radius 2 is 2.28 bits per heavy atom. The van der Waals surface area contributed by atoms with Crippen molar-refractivity contribution in [2.45, 2.75) is 32.7 Å². The smallest absolute Gasteiger partial charge is 0.234 e. The Morgan fingerprint density at radius 1 is 1.61 bits per heavy atom. The highest BCUT2D eigenvalue weighted by Crippen LogP contribution is 2.46. The minimum Gasteiger partial charge on any atom is -0.464 e. The fourth-order valence-electron chi connectivity index (χ4n) is 1.91. The van der Waals surface area contributed by atoms with E-state index in [0.717, 1.165) is 5.76 Å². The molecule has 1 aromatic heterocycles. The molecule has 1 aliphatic carbocycles. The van der Waals surface area contributed by atoms with E-state index in [2.05, 4.69) is 10.5 Å². The molecule has 0 saturated heterocycles. The SMILES string of the molecule is Cc1ccc(C(C)NC(=O)C2(/C(N)=N/O)CC2)o1. The van der Waals surface area contributed by atoms with Crippen LogP contribution in [0, 0.1) is 12.3 Å². The lowest BCUT2D eigenvalue weighted by atomic mass is 10.0. The molecule has 1 fully saturated rings. The van der Waals surface area contributed by atoms with Crippen LogP contribution in [0.4, 0.5) is 0 Å². The van der Waals surface area contributed by atoms with E-state index < -0.39 is 5.41 Å². The lowest BCUT2D eigenvalue weighted by Crippen LogP contribution is -2.41. The van der Waals surface area contributed by atoms with Crippen molar-refractivity contribution < 1.29 is 14.4 Å². The maximum Gasteiger partial charge on any atom is 0.234 e. The molecule has 1 atom stereocenters. The molecule has 1 unspecified atom stereocenters. The first-order chi connectivity index (χ1) is 8.49. The Morgan fingerprint density at radius 3 is 2.72 bits per heavy atom. The predicted molar refractivity (Wildman–Crippen MR) is 65.1 cm³/mol. The second kappa shape index (κ2) is 4.36. The zero-order valence-corrected chi connectivity index (χ0v) is 10.4. The summed E-state index contributed by atoms with van der Waals surface area (Å²) in [5.74, 6) is 1.24. The van der Waals surface area contributed by atoms with E-state index in [1.165, 1.54) is 0 Å². The van der Waals surface area contributed by atoms with E-state index in [1.807, 2.05) is 26.0 Å². The van der Waals surface area contributed by atoms with Gasteiger partial charge in [-0.15, -0.1) is 0 Å². The van der Waals surface area contributed by atoms with Crippen molar-refractivity contribution >= 4 is 11.7 Å². The number of nitrogens with zero attached hydrogens (tertiary/aromatic N) is 1. The molecule has 1 amide bonds. The molecule has 2 rings (SSSR count). The largest absolute Gasteiger partial charge is 0.464 e. The molecule has 1 aromatic rings. The summed E-state index contributed by atoms with van der Waals surface area (Å²) in [5, 5.41) is 14.4. The van der Waals surface area contributed by atoms with Crippen LogP contribution in [0.15, 0.2) is 21.7 Å². The summed E-state index contributed by atoms with van der Waals surface area (Å²) in [6.45, 7) is 3.68.